The van der Waals surface area contributed by atoms with Gasteiger partial charge in [-0.15, -0.1) is 0 Å². The van der Waals surface area contributed by atoms with Crippen molar-refractivity contribution in [3.8, 4) is 5.75 Å². The molecule has 28 heavy (non-hydrogen) atoms. The number of hydrogen-bond donors (Lipinski definition) is 1. The minimum absolute atomic E-state index is 0.0542. The highest BCUT2D eigenvalue weighted by Crippen LogP contribution is 2.36. The Morgan fingerprint density at radius 1 is 1.07 bits per heavy atom. The average molecular weight is 396 g/mol. The molecule has 0 unspecified atom stereocenters. The molecule has 2 amide bonds. The van der Waals surface area contributed by atoms with Gasteiger partial charge in [0.2, 0.25) is 0 Å². The van der Waals surface area contributed by atoms with E-state index >= 15 is 0 Å². The largest absolute Gasteiger partial charge is 0.494 e. The minimum atomic E-state index is -0.930. The van der Waals surface area contributed by atoms with Crippen LogP contribution in [0.5, 0.6) is 5.75 Å². The van der Waals surface area contributed by atoms with Gasteiger partial charge in [-0.05, 0) is 59.2 Å². The fourth-order valence-electron chi connectivity index (χ4n) is 2.85. The van der Waals surface area contributed by atoms with E-state index in [4.69, 9.17) is 14.2 Å². The van der Waals surface area contributed by atoms with Crippen molar-refractivity contribution < 1.29 is 28.2 Å². The Kier molecular flexibility index (Phi) is 5.82. The van der Waals surface area contributed by atoms with Crippen LogP contribution in [0.1, 0.15) is 47.1 Å². The fourth-order valence-corrected chi connectivity index (χ4v) is 2.85. The van der Waals surface area contributed by atoms with Crippen molar-refractivity contribution in [1.29, 1.82) is 0 Å². The molecule has 156 valence electrons. The third-order valence-corrected chi connectivity index (χ3v) is 4.02. The van der Waals surface area contributed by atoms with E-state index in [2.05, 4.69) is 5.32 Å². The SMILES string of the molecule is COc1cc(C2(NC(=O)OC(C)(C)C)CN(C(=O)OC(C)(C)C)C2)ccc1F. The summed E-state index contributed by atoms with van der Waals surface area (Å²) in [6.45, 7) is 10.9. The van der Waals surface area contributed by atoms with Crippen LogP contribution >= 0.6 is 0 Å². The Morgan fingerprint density at radius 2 is 1.64 bits per heavy atom. The number of amides is 2. The Bertz CT molecular complexity index is 746. The minimum Gasteiger partial charge on any atom is -0.494 e. The Labute approximate surface area is 165 Å². The molecule has 1 saturated heterocycles. The zero-order chi connectivity index (χ0) is 21.3. The third kappa shape index (κ3) is 5.27. The number of methoxy groups -OCH3 is 1. The van der Waals surface area contributed by atoms with Gasteiger partial charge in [0.1, 0.15) is 16.7 Å². The van der Waals surface area contributed by atoms with Gasteiger partial charge < -0.3 is 24.4 Å². The summed E-state index contributed by atoms with van der Waals surface area (Å²) < 4.78 is 29.6. The topological polar surface area (TPSA) is 77.1 Å². The predicted molar refractivity (Wildman–Crippen MR) is 102 cm³/mol. The third-order valence-electron chi connectivity index (χ3n) is 4.02. The molecule has 0 atom stereocenters. The summed E-state index contributed by atoms with van der Waals surface area (Å²) in [5.41, 5.74) is -1.63. The number of carbonyl (C=O) groups is 2. The lowest BCUT2D eigenvalue weighted by Crippen LogP contribution is -2.69. The highest BCUT2D eigenvalue weighted by molar-refractivity contribution is 5.73. The highest BCUT2D eigenvalue weighted by atomic mass is 19.1. The summed E-state index contributed by atoms with van der Waals surface area (Å²) in [6.07, 6.45) is -1.11. The first-order valence-corrected chi connectivity index (χ1v) is 9.08. The van der Waals surface area contributed by atoms with Gasteiger partial charge in [-0.1, -0.05) is 6.07 Å². The number of likely N-dealkylation sites (tertiary alicyclic amines) is 1. The molecule has 0 aliphatic carbocycles. The van der Waals surface area contributed by atoms with E-state index in [1.54, 1.807) is 47.6 Å². The van der Waals surface area contributed by atoms with Gasteiger partial charge in [-0.2, -0.15) is 0 Å². The molecule has 1 aliphatic heterocycles. The number of nitrogens with zero attached hydrogens (tertiary/aromatic N) is 1. The van der Waals surface area contributed by atoms with E-state index in [1.807, 2.05) is 0 Å². The lowest BCUT2D eigenvalue weighted by Gasteiger charge is -2.50. The zero-order valence-electron chi connectivity index (χ0n) is 17.5. The Morgan fingerprint density at radius 3 is 2.14 bits per heavy atom. The second-order valence-corrected chi connectivity index (χ2v) is 8.89. The Balaban J connectivity index is 2.26. The molecule has 2 rings (SSSR count). The molecule has 1 N–H and O–H groups in total. The number of benzene rings is 1. The van der Waals surface area contributed by atoms with Gasteiger partial charge >= 0.3 is 12.2 Å². The van der Waals surface area contributed by atoms with Crippen molar-refractivity contribution >= 4 is 12.2 Å². The van der Waals surface area contributed by atoms with E-state index in [0.717, 1.165) is 0 Å². The van der Waals surface area contributed by atoms with Crippen molar-refractivity contribution in [3.63, 3.8) is 0 Å². The number of hydrogen-bond acceptors (Lipinski definition) is 5. The molecular weight excluding hydrogens is 367 g/mol. The molecule has 0 radical (unpaired) electrons. The second-order valence-electron chi connectivity index (χ2n) is 8.89. The molecule has 1 heterocycles. The molecule has 8 heteroatoms. The standard InChI is InChI=1S/C20H29FN2O5/c1-18(2,3)27-16(24)22-20(13-8-9-14(21)15(10-13)26-7)11-23(12-20)17(25)28-19(4,5)6/h8-10H,11-12H2,1-7H3,(H,22,24). The summed E-state index contributed by atoms with van der Waals surface area (Å²) in [6, 6.07) is 4.34. The molecular formula is C20H29FN2O5. The van der Waals surface area contributed by atoms with Gasteiger partial charge in [0.05, 0.1) is 20.2 Å². The van der Waals surface area contributed by atoms with Crippen LogP contribution in [-0.2, 0) is 15.0 Å². The quantitative estimate of drug-likeness (QED) is 0.841. The van der Waals surface area contributed by atoms with Crippen LogP contribution < -0.4 is 10.1 Å². The van der Waals surface area contributed by atoms with E-state index < -0.39 is 34.7 Å². The van der Waals surface area contributed by atoms with E-state index in [9.17, 15) is 14.0 Å². The number of halogens is 1. The van der Waals surface area contributed by atoms with E-state index in [-0.39, 0.29) is 18.8 Å². The fraction of sp³-hybridized carbons (Fsp3) is 0.600. The van der Waals surface area contributed by atoms with Crippen LogP contribution in [-0.4, -0.2) is 48.5 Å². The van der Waals surface area contributed by atoms with Crippen LogP contribution in [0, 0.1) is 5.82 Å². The first kappa shape index (κ1) is 21.8. The summed E-state index contributed by atoms with van der Waals surface area (Å²) in [7, 11) is 1.37. The molecule has 7 nitrogen and oxygen atoms in total. The lowest BCUT2D eigenvalue weighted by molar-refractivity contribution is -0.0230. The summed E-state index contributed by atoms with van der Waals surface area (Å²) in [5, 5.41) is 2.83. The second kappa shape index (κ2) is 7.48. The van der Waals surface area contributed by atoms with Crippen molar-refractivity contribution in [2.45, 2.75) is 58.3 Å². The summed E-state index contributed by atoms with van der Waals surface area (Å²) in [5.74, 6) is -0.458. The van der Waals surface area contributed by atoms with Crippen LogP contribution in [0.25, 0.3) is 0 Å². The van der Waals surface area contributed by atoms with E-state index in [0.29, 0.717) is 5.56 Å². The normalized spacial score (nSPS) is 16.1. The van der Waals surface area contributed by atoms with Crippen molar-refractivity contribution in [2.24, 2.45) is 0 Å². The van der Waals surface area contributed by atoms with Crippen LogP contribution in [0.2, 0.25) is 0 Å². The van der Waals surface area contributed by atoms with E-state index in [1.165, 1.54) is 24.1 Å². The van der Waals surface area contributed by atoms with Crippen LogP contribution in [0.15, 0.2) is 18.2 Å². The molecule has 1 fully saturated rings. The molecule has 0 aromatic heterocycles. The zero-order valence-corrected chi connectivity index (χ0v) is 17.5. The van der Waals surface area contributed by atoms with Crippen LogP contribution in [0.3, 0.4) is 0 Å². The van der Waals surface area contributed by atoms with Crippen molar-refractivity contribution in [2.75, 3.05) is 20.2 Å². The predicted octanol–water partition coefficient (Wildman–Crippen LogP) is 3.81. The molecule has 1 aromatic rings. The van der Waals surface area contributed by atoms with Gasteiger partial charge in [0.15, 0.2) is 11.6 Å². The van der Waals surface area contributed by atoms with Crippen molar-refractivity contribution in [3.05, 3.63) is 29.6 Å². The maximum absolute atomic E-state index is 13.8. The molecule has 1 aliphatic rings. The monoisotopic (exact) mass is 396 g/mol. The average Bonchev–Trinajstić information content (AvgIpc) is 2.47. The molecule has 0 saturated carbocycles. The number of rotatable bonds is 3. The summed E-state index contributed by atoms with van der Waals surface area (Å²) in [4.78, 5) is 26.2. The summed E-state index contributed by atoms with van der Waals surface area (Å²) >= 11 is 0. The number of alkyl carbamates (subject to hydrolysis) is 1. The first-order chi connectivity index (χ1) is 12.7. The van der Waals surface area contributed by atoms with Crippen molar-refractivity contribution in [1.82, 2.24) is 10.2 Å². The maximum Gasteiger partial charge on any atom is 0.410 e. The van der Waals surface area contributed by atoms with Gasteiger partial charge in [-0.3, -0.25) is 0 Å². The lowest BCUT2D eigenvalue weighted by atomic mass is 9.82. The smallest absolute Gasteiger partial charge is 0.410 e. The van der Waals surface area contributed by atoms with Crippen LogP contribution in [0.4, 0.5) is 14.0 Å². The first-order valence-electron chi connectivity index (χ1n) is 9.08. The Hall–Kier alpha value is -2.51. The number of carbonyl (C=O) groups excluding carboxylic acids is 2. The van der Waals surface area contributed by atoms with Gasteiger partial charge in [0.25, 0.3) is 0 Å². The van der Waals surface area contributed by atoms with Gasteiger partial charge in [0, 0.05) is 0 Å². The number of nitrogens with one attached hydrogen (secondary N) is 1. The number of ether oxygens (including phenoxy) is 3. The molecule has 0 spiro atoms. The van der Waals surface area contributed by atoms with Gasteiger partial charge in [-0.25, -0.2) is 14.0 Å². The molecule has 1 aromatic carbocycles. The maximum atomic E-state index is 13.8. The molecule has 0 bridgehead atoms. The highest BCUT2D eigenvalue weighted by Gasteiger charge is 2.50.